The summed E-state index contributed by atoms with van der Waals surface area (Å²) in [6, 6.07) is 2.16. The summed E-state index contributed by atoms with van der Waals surface area (Å²) in [5.74, 6) is -0.468. The molecule has 0 saturated carbocycles. The Bertz CT molecular complexity index is 438. The van der Waals surface area contributed by atoms with Crippen LogP contribution in [0.4, 0.5) is 0 Å². The molecule has 1 aromatic heterocycles. The number of aliphatic carboxylic acids is 1. The van der Waals surface area contributed by atoms with E-state index in [1.54, 1.807) is 25.4 Å². The minimum Gasteiger partial charge on any atom is -0.481 e. The molecule has 4 heteroatoms. The molecule has 2 rings (SSSR count). The molecule has 0 fully saturated rings. The standard InChI is InChI=1S/C14H20O3S/c1-8-4-5-12(17-3)11-7-10(18-13(8)11)6-9(2)14(15)16/h7-9,12H,4-6H2,1-3H3,(H,15,16). The van der Waals surface area contributed by atoms with Crippen LogP contribution < -0.4 is 0 Å². The average molecular weight is 268 g/mol. The summed E-state index contributed by atoms with van der Waals surface area (Å²) in [7, 11) is 1.75. The Morgan fingerprint density at radius 1 is 1.61 bits per heavy atom. The van der Waals surface area contributed by atoms with Gasteiger partial charge in [0.1, 0.15) is 0 Å². The number of hydrogen-bond donors (Lipinski definition) is 1. The van der Waals surface area contributed by atoms with Crippen LogP contribution in [0.1, 0.15) is 54.0 Å². The SMILES string of the molecule is COC1CCC(C)c2sc(CC(C)C(=O)O)cc21. The predicted molar refractivity (Wildman–Crippen MR) is 72.2 cm³/mol. The minimum absolute atomic E-state index is 0.196. The first kappa shape index (κ1) is 13.6. The van der Waals surface area contributed by atoms with Gasteiger partial charge in [-0.1, -0.05) is 13.8 Å². The number of hydrogen-bond acceptors (Lipinski definition) is 3. The van der Waals surface area contributed by atoms with Gasteiger partial charge in [-0.05, 0) is 36.8 Å². The van der Waals surface area contributed by atoms with Gasteiger partial charge >= 0.3 is 5.97 Å². The molecule has 3 atom stereocenters. The van der Waals surface area contributed by atoms with Crippen molar-refractivity contribution in [2.24, 2.45) is 5.92 Å². The van der Waals surface area contributed by atoms with Gasteiger partial charge < -0.3 is 9.84 Å². The zero-order valence-electron chi connectivity index (χ0n) is 11.1. The third kappa shape index (κ3) is 2.59. The number of ether oxygens (including phenoxy) is 1. The van der Waals surface area contributed by atoms with Crippen molar-refractivity contribution in [3.8, 4) is 0 Å². The molecule has 1 N–H and O–H groups in total. The number of carbonyl (C=O) groups is 1. The quantitative estimate of drug-likeness (QED) is 0.907. The maximum absolute atomic E-state index is 10.9. The summed E-state index contributed by atoms with van der Waals surface area (Å²) in [4.78, 5) is 13.5. The third-order valence-electron chi connectivity index (χ3n) is 3.71. The van der Waals surface area contributed by atoms with E-state index in [2.05, 4.69) is 13.0 Å². The summed E-state index contributed by atoms with van der Waals surface area (Å²) in [5.41, 5.74) is 1.29. The van der Waals surface area contributed by atoms with E-state index in [4.69, 9.17) is 9.84 Å². The van der Waals surface area contributed by atoms with Crippen LogP contribution in [0.5, 0.6) is 0 Å². The van der Waals surface area contributed by atoms with Crippen LogP contribution >= 0.6 is 11.3 Å². The van der Waals surface area contributed by atoms with Crippen molar-refractivity contribution < 1.29 is 14.6 Å². The van der Waals surface area contributed by atoms with Gasteiger partial charge in [0.25, 0.3) is 0 Å². The molecule has 1 aliphatic carbocycles. The fraction of sp³-hybridized carbons (Fsp3) is 0.643. The highest BCUT2D eigenvalue weighted by atomic mass is 32.1. The van der Waals surface area contributed by atoms with E-state index in [1.807, 2.05) is 0 Å². The van der Waals surface area contributed by atoms with Crippen LogP contribution in [0.3, 0.4) is 0 Å². The Morgan fingerprint density at radius 2 is 2.33 bits per heavy atom. The number of carboxylic acid groups (broad SMARTS) is 1. The highest BCUT2D eigenvalue weighted by molar-refractivity contribution is 7.12. The Kier molecular flexibility index (Phi) is 4.07. The second-order valence-electron chi connectivity index (χ2n) is 5.18. The van der Waals surface area contributed by atoms with Gasteiger partial charge in [-0.3, -0.25) is 4.79 Å². The van der Waals surface area contributed by atoms with E-state index >= 15 is 0 Å². The van der Waals surface area contributed by atoms with E-state index < -0.39 is 5.97 Å². The molecule has 3 nitrogen and oxygen atoms in total. The molecule has 0 spiro atoms. The second kappa shape index (κ2) is 5.41. The predicted octanol–water partition coefficient (Wildman–Crippen LogP) is 3.60. The van der Waals surface area contributed by atoms with E-state index in [-0.39, 0.29) is 12.0 Å². The fourth-order valence-electron chi connectivity index (χ4n) is 2.53. The molecule has 0 radical (unpaired) electrons. The van der Waals surface area contributed by atoms with Crippen molar-refractivity contribution in [2.75, 3.05) is 7.11 Å². The topological polar surface area (TPSA) is 46.5 Å². The van der Waals surface area contributed by atoms with Crippen LogP contribution in [0.15, 0.2) is 6.07 Å². The first-order valence-electron chi connectivity index (χ1n) is 6.41. The molecule has 0 saturated heterocycles. The molecule has 0 aliphatic heterocycles. The van der Waals surface area contributed by atoms with Gasteiger partial charge in [-0.2, -0.15) is 0 Å². The van der Waals surface area contributed by atoms with Crippen LogP contribution in [0.25, 0.3) is 0 Å². The number of methoxy groups -OCH3 is 1. The summed E-state index contributed by atoms with van der Waals surface area (Å²) in [6.07, 6.45) is 3.03. The van der Waals surface area contributed by atoms with Crippen molar-refractivity contribution in [2.45, 2.75) is 45.1 Å². The van der Waals surface area contributed by atoms with Gasteiger partial charge in [0.15, 0.2) is 0 Å². The lowest BCUT2D eigenvalue weighted by molar-refractivity contribution is -0.141. The van der Waals surface area contributed by atoms with Crippen molar-refractivity contribution in [1.29, 1.82) is 0 Å². The van der Waals surface area contributed by atoms with Crippen LogP contribution in [-0.4, -0.2) is 18.2 Å². The number of rotatable bonds is 4. The van der Waals surface area contributed by atoms with Gasteiger partial charge in [0.2, 0.25) is 0 Å². The second-order valence-corrected chi connectivity index (χ2v) is 6.35. The lowest BCUT2D eigenvalue weighted by Crippen LogP contribution is -2.11. The van der Waals surface area contributed by atoms with Crippen LogP contribution in [0, 0.1) is 5.92 Å². The first-order chi connectivity index (χ1) is 8.52. The van der Waals surface area contributed by atoms with E-state index in [0.717, 1.165) is 12.8 Å². The monoisotopic (exact) mass is 268 g/mol. The molecule has 3 unspecified atom stereocenters. The van der Waals surface area contributed by atoms with Gasteiger partial charge in [-0.15, -0.1) is 11.3 Å². The maximum atomic E-state index is 10.9. The smallest absolute Gasteiger partial charge is 0.306 e. The van der Waals surface area contributed by atoms with Crippen molar-refractivity contribution in [3.05, 3.63) is 21.4 Å². The first-order valence-corrected chi connectivity index (χ1v) is 7.22. The molecule has 100 valence electrons. The summed E-state index contributed by atoms with van der Waals surface area (Å²) in [6.45, 7) is 4.00. The lowest BCUT2D eigenvalue weighted by atomic mass is 9.88. The molecule has 1 aliphatic rings. The molecule has 0 amide bonds. The van der Waals surface area contributed by atoms with Crippen LogP contribution in [-0.2, 0) is 16.0 Å². The minimum atomic E-state index is -0.724. The Balaban J connectivity index is 2.23. The van der Waals surface area contributed by atoms with Gasteiger partial charge in [0.05, 0.1) is 12.0 Å². The molecule has 0 bridgehead atoms. The fourth-order valence-corrected chi connectivity index (χ4v) is 3.96. The highest BCUT2D eigenvalue weighted by Gasteiger charge is 2.28. The highest BCUT2D eigenvalue weighted by Crippen LogP contribution is 2.43. The number of carboxylic acids is 1. The molecular formula is C14H20O3S. The van der Waals surface area contributed by atoms with E-state index in [1.165, 1.54) is 15.3 Å². The Labute approximate surface area is 112 Å². The molecular weight excluding hydrogens is 248 g/mol. The zero-order valence-corrected chi connectivity index (χ0v) is 11.9. The van der Waals surface area contributed by atoms with E-state index in [0.29, 0.717) is 12.3 Å². The average Bonchev–Trinajstić information content (AvgIpc) is 2.74. The molecule has 1 aromatic rings. The molecule has 1 heterocycles. The number of thiophene rings is 1. The molecule has 0 aromatic carbocycles. The normalized spacial score (nSPS) is 24.6. The summed E-state index contributed by atoms with van der Waals surface area (Å²) >= 11 is 1.76. The Morgan fingerprint density at radius 3 is 2.94 bits per heavy atom. The third-order valence-corrected chi connectivity index (χ3v) is 5.12. The lowest BCUT2D eigenvalue weighted by Gasteiger charge is -2.25. The molecule has 18 heavy (non-hydrogen) atoms. The van der Waals surface area contributed by atoms with Gasteiger partial charge in [0, 0.05) is 16.9 Å². The Hall–Kier alpha value is -0.870. The van der Waals surface area contributed by atoms with Crippen molar-refractivity contribution >= 4 is 17.3 Å². The van der Waals surface area contributed by atoms with Gasteiger partial charge in [-0.25, -0.2) is 0 Å². The summed E-state index contributed by atoms with van der Waals surface area (Å²) < 4.78 is 5.52. The maximum Gasteiger partial charge on any atom is 0.306 e. The number of fused-ring (bicyclic) bond motifs is 1. The zero-order chi connectivity index (χ0) is 13.3. The van der Waals surface area contributed by atoms with Crippen LogP contribution in [0.2, 0.25) is 0 Å². The van der Waals surface area contributed by atoms with Crippen molar-refractivity contribution in [3.63, 3.8) is 0 Å². The van der Waals surface area contributed by atoms with E-state index in [9.17, 15) is 4.79 Å². The van der Waals surface area contributed by atoms with Crippen molar-refractivity contribution in [1.82, 2.24) is 0 Å². The largest absolute Gasteiger partial charge is 0.481 e. The summed E-state index contributed by atoms with van der Waals surface area (Å²) in [5, 5.41) is 8.98.